The number of benzene rings is 3. The molecule has 1 fully saturated rings. The number of carbonyl (C=O) groups excluding carboxylic acids is 1. The minimum Gasteiger partial charge on any atom is -0.390 e. The molecule has 1 aliphatic heterocycles. The molecular formula is C31H36Cl4N6O. The van der Waals surface area contributed by atoms with E-state index in [4.69, 9.17) is 52.1 Å². The molecule has 42 heavy (non-hydrogen) atoms. The van der Waals surface area contributed by atoms with Crippen LogP contribution in [0.1, 0.15) is 28.8 Å². The molecular weight excluding hydrogens is 614 g/mol. The predicted octanol–water partition coefficient (Wildman–Crippen LogP) is 7.18. The number of halogens is 4. The third kappa shape index (κ3) is 11.1. The number of nitrogens with two attached hydrogens (primary N) is 1. The van der Waals surface area contributed by atoms with E-state index in [1.54, 1.807) is 35.2 Å². The molecule has 1 amide bonds. The topological polar surface area (TPSA) is 77.5 Å². The third-order valence-corrected chi connectivity index (χ3v) is 7.89. The second-order valence-corrected chi connectivity index (χ2v) is 11.4. The summed E-state index contributed by atoms with van der Waals surface area (Å²) in [6.07, 6.45) is 4.72. The summed E-state index contributed by atoms with van der Waals surface area (Å²) >= 11 is 23.2. The van der Waals surface area contributed by atoms with Crippen molar-refractivity contribution >= 4 is 70.7 Å². The zero-order valence-corrected chi connectivity index (χ0v) is 26.6. The van der Waals surface area contributed by atoms with Gasteiger partial charge in [0.2, 0.25) is 0 Å². The molecule has 224 valence electrons. The fraction of sp³-hybridized carbons (Fsp3) is 0.323. The number of aliphatic imine (C=N–C) groups is 2. The third-order valence-electron chi connectivity index (χ3n) is 6.70. The number of anilines is 1. The van der Waals surface area contributed by atoms with Gasteiger partial charge in [0.05, 0.1) is 22.9 Å². The van der Waals surface area contributed by atoms with Gasteiger partial charge in [0.15, 0.2) is 0 Å². The van der Waals surface area contributed by atoms with Crippen LogP contribution < -0.4 is 10.6 Å². The van der Waals surface area contributed by atoms with Gasteiger partial charge in [-0.15, -0.1) is 0 Å². The zero-order chi connectivity index (χ0) is 30.3. The summed E-state index contributed by atoms with van der Waals surface area (Å²) in [5, 5.41) is 2.15. The summed E-state index contributed by atoms with van der Waals surface area (Å²) in [5.41, 5.74) is 8.20. The number of piperazine rings is 1. The van der Waals surface area contributed by atoms with E-state index in [0.29, 0.717) is 38.7 Å². The highest BCUT2D eigenvalue weighted by atomic mass is 35.5. The van der Waals surface area contributed by atoms with Crippen LogP contribution in [0.15, 0.2) is 76.7 Å². The van der Waals surface area contributed by atoms with Crippen LogP contribution in [0.2, 0.25) is 20.1 Å². The molecule has 0 atom stereocenters. The molecule has 0 radical (unpaired) electrons. The lowest BCUT2D eigenvalue weighted by Gasteiger charge is -2.37. The molecule has 0 saturated carbocycles. The lowest BCUT2D eigenvalue weighted by Crippen LogP contribution is -2.47. The minimum absolute atomic E-state index is 0.0594. The van der Waals surface area contributed by atoms with Crippen molar-refractivity contribution in [3.05, 3.63) is 97.9 Å². The van der Waals surface area contributed by atoms with Gasteiger partial charge in [-0.25, -0.2) is 4.99 Å². The Bertz CT molecular complexity index is 1300. The maximum absolute atomic E-state index is 12.6. The van der Waals surface area contributed by atoms with E-state index in [0.717, 1.165) is 45.6 Å². The molecule has 7 nitrogen and oxygen atoms in total. The van der Waals surface area contributed by atoms with Gasteiger partial charge in [0, 0.05) is 61.1 Å². The van der Waals surface area contributed by atoms with E-state index in [9.17, 15) is 4.79 Å². The minimum atomic E-state index is -0.0594. The van der Waals surface area contributed by atoms with Crippen LogP contribution in [0, 0.1) is 0 Å². The first-order chi connectivity index (χ1) is 20.3. The monoisotopic (exact) mass is 648 g/mol. The van der Waals surface area contributed by atoms with E-state index in [-0.39, 0.29) is 5.91 Å². The van der Waals surface area contributed by atoms with E-state index in [1.165, 1.54) is 23.9 Å². The van der Waals surface area contributed by atoms with Gasteiger partial charge in [-0.2, -0.15) is 0 Å². The number of hydrogen-bond acceptors (Lipinski definition) is 4. The summed E-state index contributed by atoms with van der Waals surface area (Å²) in [5.74, 6) is -0.0594. The fourth-order valence-corrected chi connectivity index (χ4v) is 5.31. The molecule has 3 aromatic rings. The molecule has 0 bridgehead atoms. The van der Waals surface area contributed by atoms with Crippen molar-refractivity contribution < 1.29 is 4.79 Å². The molecule has 1 heterocycles. The van der Waals surface area contributed by atoms with Gasteiger partial charge >= 0.3 is 0 Å². The maximum Gasteiger partial charge on any atom is 0.253 e. The molecule has 3 aromatic carbocycles. The van der Waals surface area contributed by atoms with Crippen LogP contribution in [0.25, 0.3) is 0 Å². The highest BCUT2D eigenvalue weighted by Gasteiger charge is 2.19. The predicted molar refractivity (Wildman–Crippen MR) is 179 cm³/mol. The highest BCUT2D eigenvalue weighted by Crippen LogP contribution is 2.23. The van der Waals surface area contributed by atoms with E-state index in [1.807, 2.05) is 25.2 Å². The number of unbranched alkanes of at least 4 members (excludes halogenated alkanes) is 1. The quantitative estimate of drug-likeness (QED) is 0.143. The van der Waals surface area contributed by atoms with Gasteiger partial charge < -0.3 is 15.5 Å². The molecule has 0 aromatic heterocycles. The number of para-hydroxylation sites is 1. The average Bonchev–Trinajstić information content (AvgIpc) is 2.99. The normalized spacial score (nSPS) is 13.8. The van der Waals surface area contributed by atoms with Gasteiger partial charge in [0.1, 0.15) is 6.34 Å². The van der Waals surface area contributed by atoms with Crippen LogP contribution >= 0.6 is 46.4 Å². The number of hydrogen-bond donors (Lipinski definition) is 1. The lowest BCUT2D eigenvalue weighted by molar-refractivity contribution is 0.0791. The summed E-state index contributed by atoms with van der Waals surface area (Å²) < 4.78 is 0. The Labute approximate surface area is 268 Å². The molecule has 4 rings (SSSR count). The lowest BCUT2D eigenvalue weighted by atomic mass is 10.1. The van der Waals surface area contributed by atoms with Crippen molar-refractivity contribution in [2.75, 3.05) is 51.2 Å². The number of amides is 1. The summed E-state index contributed by atoms with van der Waals surface area (Å²) in [4.78, 5) is 27.4. The Morgan fingerprint density at radius 3 is 2.14 bits per heavy atom. The molecule has 2 N–H and O–H groups in total. The summed E-state index contributed by atoms with van der Waals surface area (Å²) in [6, 6.07) is 20.5. The Balaban J connectivity index is 0.000000521. The van der Waals surface area contributed by atoms with E-state index < -0.39 is 0 Å². The SMILES string of the molecule is CN(CCCCN1CCN(c2ccccc2CN=CN=CN)CC1)C(=O)c1cc(Cl)cc(Cl)c1.Clc1ccccc1Cl. The van der Waals surface area contributed by atoms with Crippen LogP contribution in [0.3, 0.4) is 0 Å². The smallest absolute Gasteiger partial charge is 0.253 e. The number of carbonyl (C=O) groups is 1. The average molecular weight is 650 g/mol. The fourth-order valence-electron chi connectivity index (χ4n) is 4.51. The Hall–Kier alpha value is -2.81. The molecule has 1 saturated heterocycles. The van der Waals surface area contributed by atoms with Crippen LogP contribution in [-0.4, -0.2) is 74.7 Å². The molecule has 0 aliphatic carbocycles. The summed E-state index contributed by atoms with van der Waals surface area (Å²) in [7, 11) is 1.82. The van der Waals surface area contributed by atoms with Gasteiger partial charge in [0.25, 0.3) is 5.91 Å². The first-order valence-corrected chi connectivity index (χ1v) is 15.2. The molecule has 0 spiro atoms. The van der Waals surface area contributed by atoms with E-state index in [2.05, 4.69) is 38.0 Å². The van der Waals surface area contributed by atoms with Crippen molar-refractivity contribution in [1.29, 1.82) is 0 Å². The second kappa shape index (κ2) is 18.0. The Kier molecular flexibility index (Phi) is 14.4. The maximum atomic E-state index is 12.6. The van der Waals surface area contributed by atoms with Crippen LogP contribution in [0.4, 0.5) is 5.69 Å². The van der Waals surface area contributed by atoms with Crippen molar-refractivity contribution in [3.8, 4) is 0 Å². The van der Waals surface area contributed by atoms with E-state index >= 15 is 0 Å². The standard InChI is InChI=1S/C25H32Cl2N6O.C6H4Cl2/c1-31(25(34)21-14-22(26)16-23(27)15-21)8-4-5-9-32-10-12-33(13-11-32)24-7-3-2-6-20(24)17-29-19-30-18-28;7-5-3-1-2-4-6(5)8/h2-3,6-7,14-16,18-19H,4-5,8-13,17H2,1H3,(H2,28,29,30);1-4H. The van der Waals surface area contributed by atoms with Crippen molar-refractivity contribution in [1.82, 2.24) is 9.80 Å². The number of nitrogens with zero attached hydrogens (tertiary/aromatic N) is 5. The first-order valence-electron chi connectivity index (χ1n) is 13.7. The Morgan fingerprint density at radius 2 is 1.52 bits per heavy atom. The molecule has 0 unspecified atom stereocenters. The molecule has 1 aliphatic rings. The van der Waals surface area contributed by atoms with Gasteiger partial charge in [-0.3, -0.25) is 14.7 Å². The van der Waals surface area contributed by atoms with Crippen LogP contribution in [-0.2, 0) is 6.54 Å². The van der Waals surface area contributed by atoms with Gasteiger partial charge in [-0.05, 0) is 61.3 Å². The zero-order valence-electron chi connectivity index (χ0n) is 23.6. The number of rotatable bonds is 10. The van der Waals surface area contributed by atoms with Crippen molar-refractivity contribution in [2.45, 2.75) is 19.4 Å². The van der Waals surface area contributed by atoms with Crippen LogP contribution in [0.5, 0.6) is 0 Å². The van der Waals surface area contributed by atoms with Crippen molar-refractivity contribution in [3.63, 3.8) is 0 Å². The largest absolute Gasteiger partial charge is 0.390 e. The molecule has 11 heteroatoms. The summed E-state index contributed by atoms with van der Waals surface area (Å²) in [6.45, 7) is 6.31. The van der Waals surface area contributed by atoms with Gasteiger partial charge in [-0.1, -0.05) is 76.7 Å². The first kappa shape index (κ1) is 33.7. The second-order valence-electron chi connectivity index (χ2n) is 9.72. The van der Waals surface area contributed by atoms with Crippen molar-refractivity contribution in [2.24, 2.45) is 15.7 Å². The highest BCUT2D eigenvalue weighted by molar-refractivity contribution is 6.41. The Morgan fingerprint density at radius 1 is 0.905 bits per heavy atom.